The average Bonchev–Trinajstić information content (AvgIpc) is 2.35. The quantitative estimate of drug-likeness (QED) is 0.484. The molecule has 0 saturated heterocycles. The van der Waals surface area contributed by atoms with E-state index < -0.39 is 10.6 Å². The van der Waals surface area contributed by atoms with Crippen LogP contribution in [-0.2, 0) is 6.42 Å². The summed E-state index contributed by atoms with van der Waals surface area (Å²) in [6, 6.07) is 9.47. The maximum Gasteiger partial charge on any atom is 0.295 e. The van der Waals surface area contributed by atoms with Gasteiger partial charge in [-0.2, -0.15) is 0 Å². The first kappa shape index (κ1) is 12.3. The second-order valence-electron chi connectivity index (χ2n) is 4.41. The van der Waals surface area contributed by atoms with Gasteiger partial charge in [0.15, 0.2) is 0 Å². The van der Waals surface area contributed by atoms with E-state index in [1.807, 2.05) is 30.3 Å². The number of nitrogens with zero attached hydrogens (tertiary/aromatic N) is 1. The molecule has 2 rings (SSSR count). The molecular weight excluding hydrogens is 232 g/mol. The third-order valence-electron chi connectivity index (χ3n) is 2.99. The van der Waals surface area contributed by atoms with E-state index in [1.165, 1.54) is 12.2 Å². The van der Waals surface area contributed by atoms with Crippen LogP contribution in [0.4, 0.5) is 0 Å². The SMILES string of the molecule is NC1([N+](=O)[O-])C=CC(O)=C(Cc2ccccc2)C1. The molecule has 0 saturated carbocycles. The highest BCUT2D eigenvalue weighted by atomic mass is 16.6. The number of rotatable bonds is 3. The number of hydrogen-bond donors (Lipinski definition) is 2. The first-order chi connectivity index (χ1) is 8.51. The molecule has 0 spiro atoms. The fourth-order valence-corrected chi connectivity index (χ4v) is 1.95. The Morgan fingerprint density at radius 2 is 2.06 bits per heavy atom. The minimum Gasteiger partial charge on any atom is -0.508 e. The van der Waals surface area contributed by atoms with Gasteiger partial charge in [-0.3, -0.25) is 15.8 Å². The van der Waals surface area contributed by atoms with Crippen LogP contribution in [0.15, 0.2) is 53.8 Å². The minimum atomic E-state index is -1.61. The molecule has 0 bridgehead atoms. The first-order valence-corrected chi connectivity index (χ1v) is 5.59. The van der Waals surface area contributed by atoms with Crippen molar-refractivity contribution in [1.82, 2.24) is 0 Å². The molecule has 1 aliphatic rings. The lowest BCUT2D eigenvalue weighted by atomic mass is 9.90. The van der Waals surface area contributed by atoms with Crippen molar-refractivity contribution in [1.29, 1.82) is 0 Å². The molecule has 0 aromatic heterocycles. The minimum absolute atomic E-state index is 0.0250. The van der Waals surface area contributed by atoms with Gasteiger partial charge < -0.3 is 5.11 Å². The van der Waals surface area contributed by atoms with Gasteiger partial charge in [0.25, 0.3) is 5.66 Å². The molecule has 0 radical (unpaired) electrons. The van der Waals surface area contributed by atoms with Crippen LogP contribution in [-0.4, -0.2) is 15.7 Å². The highest BCUT2D eigenvalue weighted by molar-refractivity contribution is 5.33. The zero-order valence-electron chi connectivity index (χ0n) is 9.74. The van der Waals surface area contributed by atoms with Gasteiger partial charge >= 0.3 is 0 Å². The van der Waals surface area contributed by atoms with E-state index in [-0.39, 0.29) is 12.2 Å². The largest absolute Gasteiger partial charge is 0.508 e. The first-order valence-electron chi connectivity index (χ1n) is 5.59. The maximum atomic E-state index is 10.9. The van der Waals surface area contributed by atoms with Crippen LogP contribution in [0, 0.1) is 10.1 Å². The molecule has 0 aliphatic heterocycles. The van der Waals surface area contributed by atoms with Gasteiger partial charge in [0.2, 0.25) is 0 Å². The Bertz CT molecular complexity index is 522. The predicted molar refractivity (Wildman–Crippen MR) is 67.5 cm³/mol. The molecule has 0 fully saturated rings. The average molecular weight is 246 g/mol. The van der Waals surface area contributed by atoms with E-state index in [0.717, 1.165) is 5.56 Å². The van der Waals surface area contributed by atoms with Crippen molar-refractivity contribution >= 4 is 0 Å². The Kier molecular flexibility index (Phi) is 3.16. The number of allylic oxidation sites excluding steroid dienone is 1. The van der Waals surface area contributed by atoms with Crippen molar-refractivity contribution in [2.24, 2.45) is 5.73 Å². The Labute approximate surface area is 104 Å². The second-order valence-corrected chi connectivity index (χ2v) is 4.41. The van der Waals surface area contributed by atoms with Crippen molar-refractivity contribution in [3.05, 3.63) is 69.5 Å². The van der Waals surface area contributed by atoms with Gasteiger partial charge in [0, 0.05) is 11.0 Å². The van der Waals surface area contributed by atoms with Gasteiger partial charge in [0.05, 0.1) is 6.42 Å². The molecule has 5 nitrogen and oxygen atoms in total. The van der Waals surface area contributed by atoms with E-state index in [9.17, 15) is 15.2 Å². The lowest BCUT2D eigenvalue weighted by Gasteiger charge is -2.22. The summed E-state index contributed by atoms with van der Waals surface area (Å²) in [5.41, 5.74) is 5.63. The lowest BCUT2D eigenvalue weighted by Crippen LogP contribution is -2.47. The van der Waals surface area contributed by atoms with E-state index in [0.29, 0.717) is 12.0 Å². The lowest BCUT2D eigenvalue weighted by molar-refractivity contribution is -0.554. The molecule has 1 unspecified atom stereocenters. The molecule has 1 aliphatic carbocycles. The zero-order valence-corrected chi connectivity index (χ0v) is 9.74. The predicted octanol–water partition coefficient (Wildman–Crippen LogP) is 1.93. The third kappa shape index (κ3) is 2.41. The normalized spacial score (nSPS) is 23.2. The fraction of sp³-hybridized carbons (Fsp3) is 0.231. The van der Waals surface area contributed by atoms with E-state index in [4.69, 9.17) is 5.73 Å². The van der Waals surface area contributed by atoms with Crippen LogP contribution < -0.4 is 5.73 Å². The highest BCUT2D eigenvalue weighted by Crippen LogP contribution is 2.27. The summed E-state index contributed by atoms with van der Waals surface area (Å²) in [5.74, 6) is 0.0711. The van der Waals surface area contributed by atoms with Crippen LogP contribution in [0.25, 0.3) is 0 Å². The van der Waals surface area contributed by atoms with Crippen LogP contribution >= 0.6 is 0 Å². The van der Waals surface area contributed by atoms with Crippen LogP contribution in [0.2, 0.25) is 0 Å². The Morgan fingerprint density at radius 3 is 2.67 bits per heavy atom. The molecule has 3 N–H and O–H groups in total. The Morgan fingerprint density at radius 1 is 1.39 bits per heavy atom. The summed E-state index contributed by atoms with van der Waals surface area (Å²) < 4.78 is 0. The Balaban J connectivity index is 2.22. The van der Waals surface area contributed by atoms with Crippen LogP contribution in [0.1, 0.15) is 12.0 Å². The van der Waals surface area contributed by atoms with E-state index >= 15 is 0 Å². The molecule has 0 heterocycles. The van der Waals surface area contributed by atoms with Gasteiger partial charge in [-0.1, -0.05) is 30.3 Å². The molecular formula is C13H14N2O3. The summed E-state index contributed by atoms with van der Waals surface area (Å²) in [7, 11) is 0. The van der Waals surface area contributed by atoms with Gasteiger partial charge in [-0.25, -0.2) is 0 Å². The number of nitro groups is 1. The fourth-order valence-electron chi connectivity index (χ4n) is 1.95. The van der Waals surface area contributed by atoms with Crippen molar-refractivity contribution in [2.75, 3.05) is 0 Å². The number of benzene rings is 1. The summed E-state index contributed by atoms with van der Waals surface area (Å²) in [6.45, 7) is 0. The summed E-state index contributed by atoms with van der Waals surface area (Å²) in [4.78, 5) is 10.4. The smallest absolute Gasteiger partial charge is 0.295 e. The Hall–Kier alpha value is -2.14. The van der Waals surface area contributed by atoms with Gasteiger partial charge in [0.1, 0.15) is 5.76 Å². The molecule has 1 aromatic carbocycles. The van der Waals surface area contributed by atoms with E-state index in [2.05, 4.69) is 0 Å². The van der Waals surface area contributed by atoms with E-state index in [1.54, 1.807) is 0 Å². The number of aliphatic hydroxyl groups is 1. The molecule has 94 valence electrons. The summed E-state index contributed by atoms with van der Waals surface area (Å²) in [6.07, 6.45) is 3.03. The third-order valence-corrected chi connectivity index (χ3v) is 2.99. The van der Waals surface area contributed by atoms with Crippen molar-refractivity contribution in [3.8, 4) is 0 Å². The van der Waals surface area contributed by atoms with Crippen LogP contribution in [0.3, 0.4) is 0 Å². The molecule has 1 aromatic rings. The topological polar surface area (TPSA) is 89.4 Å². The second kappa shape index (κ2) is 4.62. The number of hydrogen-bond acceptors (Lipinski definition) is 4. The van der Waals surface area contributed by atoms with Gasteiger partial charge in [-0.15, -0.1) is 0 Å². The van der Waals surface area contributed by atoms with Crippen LogP contribution in [0.5, 0.6) is 0 Å². The molecule has 18 heavy (non-hydrogen) atoms. The molecule has 5 heteroatoms. The standard InChI is InChI=1S/C13H14N2O3/c14-13(15(17)18)7-6-12(16)11(9-13)8-10-4-2-1-3-5-10/h1-7,16H,8-9,14H2. The summed E-state index contributed by atoms with van der Waals surface area (Å²) in [5, 5.41) is 20.7. The molecule has 1 atom stereocenters. The highest BCUT2D eigenvalue weighted by Gasteiger charge is 2.39. The number of aliphatic hydroxyl groups excluding tert-OH is 1. The van der Waals surface area contributed by atoms with Crippen molar-refractivity contribution in [3.63, 3.8) is 0 Å². The van der Waals surface area contributed by atoms with Crippen molar-refractivity contribution in [2.45, 2.75) is 18.5 Å². The number of nitrogens with two attached hydrogens (primary N) is 1. The summed E-state index contributed by atoms with van der Waals surface area (Å²) >= 11 is 0. The van der Waals surface area contributed by atoms with Crippen molar-refractivity contribution < 1.29 is 10.0 Å². The zero-order chi connectivity index (χ0) is 13.2. The molecule has 0 amide bonds. The van der Waals surface area contributed by atoms with Gasteiger partial charge in [-0.05, 0) is 23.6 Å². The monoisotopic (exact) mass is 246 g/mol. The maximum absolute atomic E-state index is 10.9.